The van der Waals surface area contributed by atoms with Crippen LogP contribution in [0, 0.1) is 0 Å². The van der Waals surface area contributed by atoms with Gasteiger partial charge in [0.15, 0.2) is 0 Å². The first-order chi connectivity index (χ1) is 7.81. The third kappa shape index (κ3) is 5.39. The highest BCUT2D eigenvalue weighted by Gasteiger charge is 2.30. The zero-order chi connectivity index (χ0) is 13.6. The second-order valence-electron chi connectivity index (χ2n) is 3.77. The van der Waals surface area contributed by atoms with E-state index >= 15 is 0 Å². The molecule has 0 radical (unpaired) electrons. The molecule has 0 saturated carbocycles. The largest absolute Gasteiger partial charge is 0.480 e. The van der Waals surface area contributed by atoms with E-state index in [0.29, 0.717) is 0 Å². The SMILES string of the molecule is CC(NCC(O)C(O)C(O)C(O)CO)C(=O)O. The number of aliphatic hydroxyl groups excluding tert-OH is 5. The van der Waals surface area contributed by atoms with Crippen molar-refractivity contribution in [3.63, 3.8) is 0 Å². The lowest BCUT2D eigenvalue weighted by atomic mass is 10.0. The monoisotopic (exact) mass is 253 g/mol. The summed E-state index contributed by atoms with van der Waals surface area (Å²) in [6, 6.07) is -0.920. The number of aliphatic hydroxyl groups is 5. The van der Waals surface area contributed by atoms with Gasteiger partial charge in [-0.15, -0.1) is 0 Å². The van der Waals surface area contributed by atoms with Gasteiger partial charge in [-0.05, 0) is 6.92 Å². The van der Waals surface area contributed by atoms with Gasteiger partial charge in [-0.2, -0.15) is 0 Å². The fraction of sp³-hybridized carbons (Fsp3) is 0.889. The molecule has 0 aromatic rings. The lowest BCUT2D eigenvalue weighted by molar-refractivity contribution is -0.139. The summed E-state index contributed by atoms with van der Waals surface area (Å²) in [5.41, 5.74) is 0. The number of carbonyl (C=O) groups is 1. The Kier molecular flexibility index (Phi) is 7.19. The zero-order valence-corrected chi connectivity index (χ0v) is 9.39. The highest BCUT2D eigenvalue weighted by Crippen LogP contribution is 2.04. The van der Waals surface area contributed by atoms with Gasteiger partial charge in [0.05, 0.1) is 12.7 Å². The predicted octanol–water partition coefficient (Wildman–Crippen LogP) is -3.51. The van der Waals surface area contributed by atoms with Crippen LogP contribution in [0.5, 0.6) is 0 Å². The first kappa shape index (κ1) is 16.2. The van der Waals surface area contributed by atoms with E-state index in [4.69, 9.17) is 15.3 Å². The Balaban J connectivity index is 4.13. The van der Waals surface area contributed by atoms with E-state index in [-0.39, 0.29) is 6.54 Å². The second-order valence-corrected chi connectivity index (χ2v) is 3.77. The van der Waals surface area contributed by atoms with Crippen molar-refractivity contribution in [2.75, 3.05) is 13.2 Å². The molecule has 8 heteroatoms. The number of nitrogens with one attached hydrogen (secondary N) is 1. The molecule has 0 aliphatic carbocycles. The Bertz CT molecular complexity index is 237. The number of hydrogen-bond acceptors (Lipinski definition) is 7. The summed E-state index contributed by atoms with van der Waals surface area (Å²) in [6.45, 7) is 0.314. The van der Waals surface area contributed by atoms with Crippen LogP contribution in [0.2, 0.25) is 0 Å². The molecule has 0 aliphatic rings. The molecular formula is C9H19NO7. The summed E-state index contributed by atoms with van der Waals surface area (Å²) >= 11 is 0. The maximum absolute atomic E-state index is 10.4. The van der Waals surface area contributed by atoms with Crippen LogP contribution in [-0.2, 0) is 4.79 Å². The summed E-state index contributed by atoms with van der Waals surface area (Å²) < 4.78 is 0. The van der Waals surface area contributed by atoms with E-state index in [1.807, 2.05) is 0 Å². The normalized spacial score (nSPS) is 20.4. The van der Waals surface area contributed by atoms with Crippen LogP contribution in [0.4, 0.5) is 0 Å². The van der Waals surface area contributed by atoms with Crippen molar-refractivity contribution in [3.8, 4) is 0 Å². The van der Waals surface area contributed by atoms with Crippen LogP contribution in [0.3, 0.4) is 0 Å². The van der Waals surface area contributed by atoms with Crippen LogP contribution in [0.25, 0.3) is 0 Å². The molecule has 0 saturated heterocycles. The number of hydrogen-bond donors (Lipinski definition) is 7. The van der Waals surface area contributed by atoms with Crippen LogP contribution in [0.15, 0.2) is 0 Å². The maximum Gasteiger partial charge on any atom is 0.320 e. The molecule has 5 unspecified atom stereocenters. The second kappa shape index (κ2) is 7.54. The Morgan fingerprint density at radius 3 is 2.00 bits per heavy atom. The lowest BCUT2D eigenvalue weighted by Crippen LogP contribution is -2.50. The molecule has 0 amide bonds. The topological polar surface area (TPSA) is 150 Å². The Morgan fingerprint density at radius 1 is 1.12 bits per heavy atom. The van der Waals surface area contributed by atoms with E-state index < -0.39 is 43.0 Å². The molecule has 5 atom stereocenters. The standard InChI is InChI=1S/C9H19NO7/c1-4(9(16)17)10-2-5(12)7(14)8(15)6(13)3-11/h4-8,10-15H,2-3H2,1H3,(H,16,17). The first-order valence-electron chi connectivity index (χ1n) is 5.10. The maximum atomic E-state index is 10.4. The molecule has 0 bridgehead atoms. The van der Waals surface area contributed by atoms with Crippen LogP contribution in [0.1, 0.15) is 6.92 Å². The van der Waals surface area contributed by atoms with Gasteiger partial charge in [0, 0.05) is 6.54 Å². The highest BCUT2D eigenvalue weighted by atomic mass is 16.4. The minimum atomic E-state index is -1.71. The van der Waals surface area contributed by atoms with Crippen LogP contribution >= 0.6 is 0 Å². The van der Waals surface area contributed by atoms with Crippen molar-refractivity contribution in [1.29, 1.82) is 0 Å². The number of rotatable bonds is 8. The number of carboxylic acids is 1. The van der Waals surface area contributed by atoms with Gasteiger partial charge in [0.2, 0.25) is 0 Å². The summed E-state index contributed by atoms with van der Waals surface area (Å²) in [5, 5.41) is 56.6. The molecule has 0 rings (SSSR count). The predicted molar refractivity (Wildman–Crippen MR) is 56.2 cm³/mol. The molecular weight excluding hydrogens is 234 g/mol. The summed E-state index contributed by atoms with van der Waals surface area (Å²) in [4.78, 5) is 10.4. The quantitative estimate of drug-likeness (QED) is 0.235. The molecule has 0 aromatic carbocycles. The van der Waals surface area contributed by atoms with Gasteiger partial charge in [-0.25, -0.2) is 0 Å². The van der Waals surface area contributed by atoms with Crippen molar-refractivity contribution >= 4 is 5.97 Å². The van der Waals surface area contributed by atoms with Crippen molar-refractivity contribution in [1.82, 2.24) is 5.32 Å². The van der Waals surface area contributed by atoms with Gasteiger partial charge in [0.1, 0.15) is 24.4 Å². The number of aliphatic carboxylic acids is 1. The average molecular weight is 253 g/mol. The molecule has 0 aliphatic heterocycles. The van der Waals surface area contributed by atoms with Crippen LogP contribution in [-0.4, -0.2) is 80.2 Å². The van der Waals surface area contributed by atoms with E-state index in [1.54, 1.807) is 0 Å². The summed E-state index contributed by atoms with van der Waals surface area (Å²) in [7, 11) is 0. The molecule has 102 valence electrons. The highest BCUT2D eigenvalue weighted by molar-refractivity contribution is 5.72. The Morgan fingerprint density at radius 2 is 1.59 bits per heavy atom. The Labute approximate surface area is 98.1 Å². The van der Waals surface area contributed by atoms with Gasteiger partial charge in [-0.3, -0.25) is 4.79 Å². The Hall–Kier alpha value is -0.770. The lowest BCUT2D eigenvalue weighted by Gasteiger charge is -2.26. The smallest absolute Gasteiger partial charge is 0.320 e. The van der Waals surface area contributed by atoms with E-state index in [0.717, 1.165) is 0 Å². The van der Waals surface area contributed by atoms with Gasteiger partial charge >= 0.3 is 5.97 Å². The molecule has 0 fully saturated rings. The average Bonchev–Trinajstić information content (AvgIpc) is 2.32. The third-order valence-corrected chi connectivity index (χ3v) is 2.33. The van der Waals surface area contributed by atoms with Crippen molar-refractivity contribution in [3.05, 3.63) is 0 Å². The van der Waals surface area contributed by atoms with E-state index in [9.17, 15) is 20.1 Å². The summed E-state index contributed by atoms with van der Waals surface area (Å²) in [5.74, 6) is -1.12. The van der Waals surface area contributed by atoms with Crippen molar-refractivity contribution in [2.24, 2.45) is 0 Å². The molecule has 0 aromatic heterocycles. The van der Waals surface area contributed by atoms with Crippen molar-refractivity contribution in [2.45, 2.75) is 37.4 Å². The zero-order valence-electron chi connectivity index (χ0n) is 9.39. The third-order valence-electron chi connectivity index (χ3n) is 2.33. The molecule has 8 nitrogen and oxygen atoms in total. The fourth-order valence-corrected chi connectivity index (χ4v) is 1.07. The van der Waals surface area contributed by atoms with Crippen LogP contribution < -0.4 is 5.32 Å². The molecule has 7 N–H and O–H groups in total. The minimum Gasteiger partial charge on any atom is -0.480 e. The van der Waals surface area contributed by atoms with E-state index in [1.165, 1.54) is 6.92 Å². The van der Waals surface area contributed by atoms with Gasteiger partial charge < -0.3 is 36.0 Å². The van der Waals surface area contributed by atoms with E-state index in [2.05, 4.69) is 5.32 Å². The molecule has 0 heterocycles. The first-order valence-corrected chi connectivity index (χ1v) is 5.10. The van der Waals surface area contributed by atoms with Gasteiger partial charge in [-0.1, -0.05) is 0 Å². The van der Waals surface area contributed by atoms with Crippen molar-refractivity contribution < 1.29 is 35.4 Å². The number of carboxylic acid groups (broad SMARTS) is 1. The fourth-order valence-electron chi connectivity index (χ4n) is 1.07. The molecule has 0 spiro atoms. The minimum absolute atomic E-state index is 0.274. The molecule has 17 heavy (non-hydrogen) atoms. The summed E-state index contributed by atoms with van der Waals surface area (Å²) in [6.07, 6.45) is -6.44. The van der Waals surface area contributed by atoms with Gasteiger partial charge in [0.25, 0.3) is 0 Å².